The largest absolute Gasteiger partial charge is 0.355 e. The fourth-order valence-corrected chi connectivity index (χ4v) is 3.62. The van der Waals surface area contributed by atoms with Gasteiger partial charge in [0.2, 0.25) is 11.8 Å². The zero-order valence-corrected chi connectivity index (χ0v) is 16.1. The number of hydrogen-bond acceptors (Lipinski definition) is 2. The summed E-state index contributed by atoms with van der Waals surface area (Å²) in [6, 6.07) is 21.2. The van der Waals surface area contributed by atoms with Gasteiger partial charge in [-0.05, 0) is 53.4 Å². The van der Waals surface area contributed by atoms with E-state index in [1.54, 1.807) is 12.1 Å². The van der Waals surface area contributed by atoms with E-state index < -0.39 is 5.41 Å². The van der Waals surface area contributed by atoms with Crippen molar-refractivity contribution in [2.45, 2.75) is 24.7 Å². The third-order valence-corrected chi connectivity index (χ3v) is 5.50. The highest BCUT2D eigenvalue weighted by molar-refractivity contribution is 6.30. The summed E-state index contributed by atoms with van der Waals surface area (Å²) < 4.78 is 0. The van der Waals surface area contributed by atoms with Crippen molar-refractivity contribution in [3.63, 3.8) is 0 Å². The van der Waals surface area contributed by atoms with Crippen LogP contribution in [0.25, 0.3) is 10.8 Å². The summed E-state index contributed by atoms with van der Waals surface area (Å²) in [5.74, 6) is -0.139. The first-order valence-corrected chi connectivity index (χ1v) is 9.78. The molecule has 28 heavy (non-hydrogen) atoms. The van der Waals surface area contributed by atoms with Gasteiger partial charge in [0.1, 0.15) is 0 Å². The van der Waals surface area contributed by atoms with Gasteiger partial charge in [-0.3, -0.25) is 9.59 Å². The molecule has 0 unspecified atom stereocenters. The van der Waals surface area contributed by atoms with Crippen LogP contribution in [0.1, 0.15) is 24.8 Å². The Morgan fingerprint density at radius 2 is 1.64 bits per heavy atom. The van der Waals surface area contributed by atoms with Gasteiger partial charge in [-0.1, -0.05) is 54.1 Å². The van der Waals surface area contributed by atoms with Crippen molar-refractivity contribution in [1.29, 1.82) is 0 Å². The molecule has 0 saturated heterocycles. The molecule has 2 N–H and O–H groups in total. The van der Waals surface area contributed by atoms with Crippen molar-refractivity contribution in [2.75, 3.05) is 11.9 Å². The zero-order valence-electron chi connectivity index (χ0n) is 15.4. The Morgan fingerprint density at radius 1 is 0.929 bits per heavy atom. The summed E-state index contributed by atoms with van der Waals surface area (Å²) in [5, 5.41) is 8.67. The molecule has 3 aromatic rings. The molecule has 1 aliphatic rings. The molecule has 5 heteroatoms. The molecule has 142 valence electrons. The van der Waals surface area contributed by atoms with E-state index in [1.165, 1.54) is 0 Å². The highest BCUT2D eigenvalue weighted by Crippen LogP contribution is 2.48. The van der Waals surface area contributed by atoms with Crippen LogP contribution in [-0.4, -0.2) is 18.4 Å². The van der Waals surface area contributed by atoms with Gasteiger partial charge in [-0.2, -0.15) is 0 Å². The lowest BCUT2D eigenvalue weighted by molar-refractivity contribution is -0.123. The number of amides is 2. The van der Waals surface area contributed by atoms with E-state index in [0.29, 0.717) is 11.6 Å². The number of benzene rings is 3. The highest BCUT2D eigenvalue weighted by Gasteiger charge is 2.50. The summed E-state index contributed by atoms with van der Waals surface area (Å²) in [7, 11) is 0. The van der Waals surface area contributed by atoms with E-state index in [0.717, 1.165) is 34.9 Å². The topological polar surface area (TPSA) is 58.2 Å². The molecule has 0 spiro atoms. The Bertz CT molecular complexity index is 1030. The molecule has 0 radical (unpaired) electrons. The van der Waals surface area contributed by atoms with Crippen LogP contribution in [0.2, 0.25) is 5.02 Å². The van der Waals surface area contributed by atoms with E-state index >= 15 is 0 Å². The second-order valence-corrected chi connectivity index (χ2v) is 7.64. The summed E-state index contributed by atoms with van der Waals surface area (Å²) in [4.78, 5) is 24.8. The van der Waals surface area contributed by atoms with Crippen molar-refractivity contribution in [3.05, 3.63) is 77.3 Å². The van der Waals surface area contributed by atoms with Gasteiger partial charge in [-0.25, -0.2) is 0 Å². The minimum Gasteiger partial charge on any atom is -0.355 e. The predicted octanol–water partition coefficient (Wildman–Crippen LogP) is 4.67. The van der Waals surface area contributed by atoms with Crippen LogP contribution >= 0.6 is 11.6 Å². The maximum Gasteiger partial charge on any atom is 0.230 e. The van der Waals surface area contributed by atoms with Crippen molar-refractivity contribution in [3.8, 4) is 0 Å². The Hall–Kier alpha value is -2.85. The van der Waals surface area contributed by atoms with E-state index in [-0.39, 0.29) is 18.2 Å². The summed E-state index contributed by atoms with van der Waals surface area (Å²) in [6.07, 6.45) is 1.88. The molecule has 0 heterocycles. The smallest absolute Gasteiger partial charge is 0.230 e. The molecule has 1 aliphatic carbocycles. The first kappa shape index (κ1) is 18.5. The monoisotopic (exact) mass is 392 g/mol. The van der Waals surface area contributed by atoms with Gasteiger partial charge in [-0.15, -0.1) is 0 Å². The molecule has 2 amide bonds. The molecule has 0 atom stereocenters. The van der Waals surface area contributed by atoms with Crippen LogP contribution in [-0.2, 0) is 15.0 Å². The maximum absolute atomic E-state index is 12.6. The van der Waals surface area contributed by atoms with Crippen molar-refractivity contribution in [1.82, 2.24) is 5.32 Å². The van der Waals surface area contributed by atoms with Gasteiger partial charge in [0.05, 0.1) is 5.41 Å². The molecule has 1 fully saturated rings. The number of fused-ring (bicyclic) bond motifs is 1. The second kappa shape index (κ2) is 7.64. The third-order valence-electron chi connectivity index (χ3n) is 5.25. The molecule has 0 aliphatic heterocycles. The van der Waals surface area contributed by atoms with Gasteiger partial charge >= 0.3 is 0 Å². The Labute approximate surface area is 168 Å². The number of halogens is 1. The minimum atomic E-state index is -0.459. The number of hydrogen-bond donors (Lipinski definition) is 2. The van der Waals surface area contributed by atoms with Crippen LogP contribution in [0.15, 0.2) is 66.7 Å². The molecule has 4 rings (SSSR count). The lowest BCUT2D eigenvalue weighted by Gasteiger charge is -2.16. The number of carbonyl (C=O) groups is 2. The normalized spacial score (nSPS) is 14.5. The maximum atomic E-state index is 12.6. The third kappa shape index (κ3) is 3.87. The number of anilines is 1. The van der Waals surface area contributed by atoms with E-state index in [9.17, 15) is 9.59 Å². The fourth-order valence-electron chi connectivity index (χ4n) is 3.49. The molecule has 0 bridgehead atoms. The first-order valence-electron chi connectivity index (χ1n) is 9.40. The lowest BCUT2D eigenvalue weighted by Crippen LogP contribution is -2.36. The number of nitrogens with one attached hydrogen (secondary N) is 2. The van der Waals surface area contributed by atoms with Crippen molar-refractivity contribution < 1.29 is 9.59 Å². The highest BCUT2D eigenvalue weighted by atomic mass is 35.5. The van der Waals surface area contributed by atoms with Crippen LogP contribution in [0.5, 0.6) is 0 Å². The van der Waals surface area contributed by atoms with Crippen LogP contribution in [0.4, 0.5) is 5.69 Å². The van der Waals surface area contributed by atoms with Crippen LogP contribution in [0, 0.1) is 0 Å². The van der Waals surface area contributed by atoms with Crippen molar-refractivity contribution in [2.24, 2.45) is 0 Å². The second-order valence-electron chi connectivity index (χ2n) is 7.21. The minimum absolute atomic E-state index is 0.0201. The summed E-state index contributed by atoms with van der Waals surface area (Å²) >= 11 is 5.93. The predicted molar refractivity (Wildman–Crippen MR) is 113 cm³/mol. The Kier molecular flexibility index (Phi) is 5.05. The Balaban J connectivity index is 1.30. The van der Waals surface area contributed by atoms with E-state index in [1.807, 2.05) is 54.6 Å². The molecular formula is C23H21ClN2O2. The zero-order chi connectivity index (χ0) is 19.6. The van der Waals surface area contributed by atoms with E-state index in [2.05, 4.69) is 10.6 Å². The quantitative estimate of drug-likeness (QED) is 0.640. The van der Waals surface area contributed by atoms with Crippen LogP contribution < -0.4 is 10.6 Å². The fraction of sp³-hybridized carbons (Fsp3) is 0.217. The van der Waals surface area contributed by atoms with Gasteiger partial charge in [0, 0.05) is 23.7 Å². The molecular weight excluding hydrogens is 372 g/mol. The van der Waals surface area contributed by atoms with Gasteiger partial charge in [0.25, 0.3) is 0 Å². The van der Waals surface area contributed by atoms with Crippen LogP contribution in [0.3, 0.4) is 0 Å². The molecule has 3 aromatic carbocycles. The molecule has 1 saturated carbocycles. The average molecular weight is 393 g/mol. The van der Waals surface area contributed by atoms with Crippen molar-refractivity contribution >= 4 is 39.9 Å². The first-order chi connectivity index (χ1) is 13.6. The summed E-state index contributed by atoms with van der Waals surface area (Å²) in [6.45, 7) is 0.313. The number of carbonyl (C=O) groups excluding carboxylic acids is 2. The number of rotatable bonds is 6. The lowest BCUT2D eigenvalue weighted by atomic mass is 9.95. The summed E-state index contributed by atoms with van der Waals surface area (Å²) in [5.41, 5.74) is 1.28. The molecule has 0 aromatic heterocycles. The van der Waals surface area contributed by atoms with E-state index in [4.69, 9.17) is 11.6 Å². The molecule has 4 nitrogen and oxygen atoms in total. The van der Waals surface area contributed by atoms with Gasteiger partial charge in [0.15, 0.2) is 0 Å². The standard InChI is InChI=1S/C23H21ClN2O2/c24-19-8-6-18(7-9-19)23(12-13-23)22(28)25-14-11-21(27)26-20-10-5-16-3-1-2-4-17(16)15-20/h1-10,15H,11-14H2,(H,25,28)(H,26,27). The average Bonchev–Trinajstić information content (AvgIpc) is 3.50. The van der Waals surface area contributed by atoms with Gasteiger partial charge < -0.3 is 10.6 Å². The Morgan fingerprint density at radius 3 is 2.36 bits per heavy atom. The SMILES string of the molecule is O=C(CCNC(=O)C1(c2ccc(Cl)cc2)CC1)Nc1ccc2ccccc2c1.